The Morgan fingerprint density at radius 1 is 0.824 bits per heavy atom. The average Bonchev–Trinajstić information content (AvgIpc) is 2.35. The van der Waals surface area contributed by atoms with E-state index in [2.05, 4.69) is 48.5 Å². The molecule has 0 unspecified atom stereocenters. The summed E-state index contributed by atoms with van der Waals surface area (Å²) in [6, 6.07) is 0. The van der Waals surface area contributed by atoms with Crippen molar-refractivity contribution in [2.24, 2.45) is 0 Å². The highest BCUT2D eigenvalue weighted by molar-refractivity contribution is 5.37. The zero-order valence-electron chi connectivity index (χ0n) is 11.1. The number of hydrogen-bond acceptors (Lipinski definition) is 0. The van der Waals surface area contributed by atoms with Gasteiger partial charge in [-0.3, -0.25) is 0 Å². The third-order valence-electron chi connectivity index (χ3n) is 2.31. The Morgan fingerprint density at radius 3 is 2.29 bits per heavy atom. The third-order valence-corrected chi connectivity index (χ3v) is 2.31. The molecule has 0 aromatic heterocycles. The van der Waals surface area contributed by atoms with Crippen LogP contribution in [0.4, 0.5) is 0 Å². The van der Waals surface area contributed by atoms with Crippen molar-refractivity contribution in [1.29, 1.82) is 0 Å². The highest BCUT2D eigenvalue weighted by Gasteiger charge is 1.87. The molecule has 0 aliphatic heterocycles. The van der Waals surface area contributed by atoms with Crippen molar-refractivity contribution in [3.63, 3.8) is 0 Å². The van der Waals surface area contributed by atoms with E-state index in [-0.39, 0.29) is 0 Å². The second-order valence-electron chi connectivity index (χ2n) is 3.85. The van der Waals surface area contributed by atoms with E-state index in [1.807, 2.05) is 6.08 Å². The van der Waals surface area contributed by atoms with Gasteiger partial charge in [0.25, 0.3) is 0 Å². The van der Waals surface area contributed by atoms with Crippen LogP contribution in [0.25, 0.3) is 0 Å². The molecule has 0 N–H and O–H groups in total. The topological polar surface area (TPSA) is 0 Å². The quantitative estimate of drug-likeness (QED) is 0.448. The minimum Gasteiger partial charge on any atom is -0.0925 e. The molecule has 0 heteroatoms. The normalized spacial score (nSPS) is 8.59. The van der Waals surface area contributed by atoms with Crippen molar-refractivity contribution in [2.45, 2.75) is 58.8 Å². The predicted octanol–water partition coefficient (Wildman–Crippen LogP) is 4.32. The van der Waals surface area contributed by atoms with Gasteiger partial charge in [-0.2, -0.15) is 0 Å². The van der Waals surface area contributed by atoms with Gasteiger partial charge in [0, 0.05) is 0 Å². The van der Waals surface area contributed by atoms with Crippen molar-refractivity contribution in [3.05, 3.63) is 12.2 Å². The van der Waals surface area contributed by atoms with Gasteiger partial charge in [-0.1, -0.05) is 56.9 Å². The maximum Gasteiger partial charge on any atom is -0.000709 e. The Morgan fingerprint density at radius 2 is 1.53 bits per heavy atom. The highest BCUT2D eigenvalue weighted by Crippen LogP contribution is 2.06. The van der Waals surface area contributed by atoms with Crippen molar-refractivity contribution >= 4 is 0 Å². The average molecular weight is 226 g/mol. The first-order valence-corrected chi connectivity index (χ1v) is 6.49. The SMILES string of the molecule is CC#CC#CC#C/C=C\CCCCCCCC. The van der Waals surface area contributed by atoms with Crippen molar-refractivity contribution in [2.75, 3.05) is 0 Å². The van der Waals surface area contributed by atoms with Gasteiger partial charge in [0.1, 0.15) is 0 Å². The van der Waals surface area contributed by atoms with Crippen molar-refractivity contribution < 1.29 is 0 Å². The van der Waals surface area contributed by atoms with E-state index in [1.54, 1.807) is 6.92 Å². The van der Waals surface area contributed by atoms with Crippen LogP contribution in [0.15, 0.2) is 12.2 Å². The number of rotatable bonds is 7. The Hall–Kier alpha value is -1.58. The largest absolute Gasteiger partial charge is 0.0925 e. The third kappa shape index (κ3) is 14.4. The molecule has 17 heavy (non-hydrogen) atoms. The van der Waals surface area contributed by atoms with Crippen LogP contribution in [0.1, 0.15) is 58.8 Å². The standard InChI is InChI=1S/C17H22/c1-3-5-7-9-11-13-15-17-16-14-12-10-8-6-4-2/h16-17H,3,5,7,9,11,13,15H2,1-2H3/b17-16-. The van der Waals surface area contributed by atoms with E-state index in [4.69, 9.17) is 0 Å². The number of allylic oxidation sites excluding steroid dienone is 2. The first-order chi connectivity index (χ1) is 8.41. The summed E-state index contributed by atoms with van der Waals surface area (Å²) in [7, 11) is 0. The highest BCUT2D eigenvalue weighted by atomic mass is 13.9. The van der Waals surface area contributed by atoms with E-state index in [0.717, 1.165) is 6.42 Å². The van der Waals surface area contributed by atoms with Gasteiger partial charge >= 0.3 is 0 Å². The monoisotopic (exact) mass is 226 g/mol. The smallest absolute Gasteiger partial charge is 0.000709 e. The van der Waals surface area contributed by atoms with E-state index in [1.165, 1.54) is 38.5 Å². The maximum atomic E-state index is 2.88. The minimum absolute atomic E-state index is 1.13. The summed E-state index contributed by atoms with van der Waals surface area (Å²) >= 11 is 0. The molecule has 0 rings (SSSR count). The van der Waals surface area contributed by atoms with Gasteiger partial charge in [-0.15, -0.1) is 0 Å². The van der Waals surface area contributed by atoms with Gasteiger partial charge in [-0.25, -0.2) is 0 Å². The first-order valence-electron chi connectivity index (χ1n) is 6.49. The second kappa shape index (κ2) is 14.4. The van der Waals surface area contributed by atoms with Crippen LogP contribution in [0.3, 0.4) is 0 Å². The maximum absolute atomic E-state index is 2.88. The summed E-state index contributed by atoms with van der Waals surface area (Å²) in [5.74, 6) is 16.3. The van der Waals surface area contributed by atoms with E-state index in [9.17, 15) is 0 Å². The first kappa shape index (κ1) is 15.4. The van der Waals surface area contributed by atoms with E-state index >= 15 is 0 Å². The molecule has 0 aliphatic carbocycles. The molecule has 0 fully saturated rings. The minimum atomic E-state index is 1.13. The van der Waals surface area contributed by atoms with Gasteiger partial charge in [0.15, 0.2) is 0 Å². The van der Waals surface area contributed by atoms with Crippen molar-refractivity contribution in [1.82, 2.24) is 0 Å². The molecular weight excluding hydrogens is 204 g/mol. The fourth-order valence-electron chi connectivity index (χ4n) is 1.39. The Labute approximate surface area is 107 Å². The molecule has 0 heterocycles. The lowest BCUT2D eigenvalue weighted by molar-refractivity contribution is 0.611. The van der Waals surface area contributed by atoms with Crippen LogP contribution < -0.4 is 0 Å². The number of unbranched alkanes of at least 4 members (excludes halogenated alkanes) is 6. The summed E-state index contributed by atoms with van der Waals surface area (Å²) in [6.45, 7) is 4.01. The molecule has 0 spiro atoms. The van der Waals surface area contributed by atoms with Crippen molar-refractivity contribution in [3.8, 4) is 35.5 Å². The van der Waals surface area contributed by atoms with Crippen LogP contribution in [0.2, 0.25) is 0 Å². The molecule has 0 bridgehead atoms. The second-order valence-corrected chi connectivity index (χ2v) is 3.85. The molecule has 0 aliphatic rings. The fraction of sp³-hybridized carbons (Fsp3) is 0.529. The summed E-state index contributed by atoms with van der Waals surface area (Å²) in [5.41, 5.74) is 0. The molecule has 0 saturated carbocycles. The molecule has 0 nitrogen and oxygen atoms in total. The van der Waals surface area contributed by atoms with Gasteiger partial charge in [-0.05, 0) is 49.5 Å². The zero-order valence-corrected chi connectivity index (χ0v) is 11.1. The van der Waals surface area contributed by atoms with E-state index in [0.29, 0.717) is 0 Å². The predicted molar refractivity (Wildman–Crippen MR) is 76.1 cm³/mol. The zero-order chi connectivity index (χ0) is 12.6. The molecular formula is C17H22. The molecule has 0 amide bonds. The number of hydrogen-bond donors (Lipinski definition) is 0. The lowest BCUT2D eigenvalue weighted by Crippen LogP contribution is -1.77. The molecule has 90 valence electrons. The Bertz CT molecular complexity index is 365. The summed E-state index contributed by atoms with van der Waals surface area (Å²) in [5, 5.41) is 0. The van der Waals surface area contributed by atoms with E-state index < -0.39 is 0 Å². The fourth-order valence-corrected chi connectivity index (χ4v) is 1.39. The van der Waals surface area contributed by atoms with Gasteiger partial charge < -0.3 is 0 Å². The van der Waals surface area contributed by atoms with Crippen LogP contribution in [-0.4, -0.2) is 0 Å². The summed E-state index contributed by atoms with van der Waals surface area (Å²) < 4.78 is 0. The van der Waals surface area contributed by atoms with Crippen LogP contribution in [0, 0.1) is 35.5 Å². The lowest BCUT2D eigenvalue weighted by Gasteiger charge is -1.96. The molecule has 0 saturated heterocycles. The molecule has 0 aromatic carbocycles. The summed E-state index contributed by atoms with van der Waals surface area (Å²) in [4.78, 5) is 0. The van der Waals surface area contributed by atoms with Crippen LogP contribution >= 0.6 is 0 Å². The van der Waals surface area contributed by atoms with Crippen LogP contribution in [0.5, 0.6) is 0 Å². The Balaban J connectivity index is 3.42. The molecule has 0 radical (unpaired) electrons. The van der Waals surface area contributed by atoms with Gasteiger partial charge in [0.2, 0.25) is 0 Å². The lowest BCUT2D eigenvalue weighted by atomic mass is 10.1. The Kier molecular flexibility index (Phi) is 13.1. The van der Waals surface area contributed by atoms with Gasteiger partial charge in [0.05, 0.1) is 0 Å². The summed E-state index contributed by atoms with van der Waals surface area (Å²) in [6.07, 6.45) is 13.2. The van der Waals surface area contributed by atoms with Crippen LogP contribution in [-0.2, 0) is 0 Å². The molecule has 0 aromatic rings. The molecule has 0 atom stereocenters.